The largest absolute Gasteiger partial charge is 0.300 e. The fourth-order valence-electron chi connectivity index (χ4n) is 2.88. The molecule has 19 heavy (non-hydrogen) atoms. The predicted molar refractivity (Wildman–Crippen MR) is 77.1 cm³/mol. The van der Waals surface area contributed by atoms with E-state index in [0.29, 0.717) is 30.6 Å². The third-order valence-electron chi connectivity index (χ3n) is 3.91. The molecule has 106 valence electrons. The number of hydrogen-bond donors (Lipinski definition) is 0. The number of hydrogen-bond acceptors (Lipinski definition) is 2. The first kappa shape index (κ1) is 14.3. The molecular formula is C16H26N2O. The van der Waals surface area contributed by atoms with E-state index in [4.69, 9.17) is 0 Å². The van der Waals surface area contributed by atoms with Crippen LogP contribution >= 0.6 is 0 Å². The summed E-state index contributed by atoms with van der Waals surface area (Å²) < 4.78 is 2.13. The highest BCUT2D eigenvalue weighted by molar-refractivity contribution is 5.78. The Hall–Kier alpha value is -1.12. The van der Waals surface area contributed by atoms with Gasteiger partial charge in [0.15, 0.2) is 0 Å². The van der Waals surface area contributed by atoms with Crippen molar-refractivity contribution in [3.8, 4) is 0 Å². The van der Waals surface area contributed by atoms with Crippen molar-refractivity contribution in [3.63, 3.8) is 0 Å². The van der Waals surface area contributed by atoms with E-state index in [0.717, 1.165) is 12.1 Å². The van der Waals surface area contributed by atoms with E-state index < -0.39 is 0 Å². The molecule has 0 spiro atoms. The molecule has 0 bridgehead atoms. The maximum absolute atomic E-state index is 11.7. The number of rotatable bonds is 6. The van der Waals surface area contributed by atoms with Crippen molar-refractivity contribution < 1.29 is 4.79 Å². The highest BCUT2D eigenvalue weighted by atomic mass is 16.1. The van der Waals surface area contributed by atoms with E-state index >= 15 is 0 Å². The number of carbonyl (C=O) groups is 1. The molecule has 1 aromatic heterocycles. The molecule has 1 fully saturated rings. The Labute approximate surface area is 116 Å². The van der Waals surface area contributed by atoms with Gasteiger partial charge < -0.3 is 0 Å². The zero-order valence-corrected chi connectivity index (χ0v) is 12.3. The molecule has 0 N–H and O–H groups in total. The van der Waals surface area contributed by atoms with Crippen LogP contribution in [-0.4, -0.2) is 15.6 Å². The van der Waals surface area contributed by atoms with Gasteiger partial charge in [0, 0.05) is 19.0 Å². The van der Waals surface area contributed by atoms with Crippen LogP contribution in [0, 0.1) is 5.92 Å². The average Bonchev–Trinajstić information content (AvgIpc) is 2.85. The first-order valence-electron chi connectivity index (χ1n) is 7.71. The minimum atomic E-state index is 0.363. The van der Waals surface area contributed by atoms with Gasteiger partial charge in [0.2, 0.25) is 0 Å². The lowest BCUT2D eigenvalue weighted by Crippen LogP contribution is -2.13. The van der Waals surface area contributed by atoms with Crippen molar-refractivity contribution >= 4 is 5.78 Å². The summed E-state index contributed by atoms with van der Waals surface area (Å²) in [5.41, 5.74) is 1.07. The third-order valence-corrected chi connectivity index (χ3v) is 3.91. The third kappa shape index (κ3) is 4.48. The van der Waals surface area contributed by atoms with Gasteiger partial charge in [-0.15, -0.1) is 0 Å². The van der Waals surface area contributed by atoms with Crippen LogP contribution in [0.1, 0.15) is 70.5 Å². The molecule has 1 heterocycles. The van der Waals surface area contributed by atoms with E-state index in [2.05, 4.69) is 35.9 Å². The van der Waals surface area contributed by atoms with Gasteiger partial charge in [-0.05, 0) is 31.2 Å². The maximum atomic E-state index is 11.7. The van der Waals surface area contributed by atoms with Gasteiger partial charge in [0.1, 0.15) is 5.78 Å². The Morgan fingerprint density at radius 1 is 1.37 bits per heavy atom. The van der Waals surface area contributed by atoms with Crippen molar-refractivity contribution in [1.29, 1.82) is 0 Å². The highest BCUT2D eigenvalue weighted by Crippen LogP contribution is 2.27. The normalized spacial score (nSPS) is 17.0. The lowest BCUT2D eigenvalue weighted by atomic mass is 9.96. The van der Waals surface area contributed by atoms with Gasteiger partial charge in [0.05, 0.1) is 11.7 Å². The fourth-order valence-corrected chi connectivity index (χ4v) is 2.88. The predicted octanol–water partition coefficient (Wildman–Crippen LogP) is 3.94. The van der Waals surface area contributed by atoms with Gasteiger partial charge in [-0.2, -0.15) is 5.10 Å². The van der Waals surface area contributed by atoms with Crippen LogP contribution < -0.4 is 0 Å². The molecule has 3 heteroatoms. The van der Waals surface area contributed by atoms with Gasteiger partial charge in [-0.1, -0.05) is 33.1 Å². The molecule has 1 aliphatic rings. The summed E-state index contributed by atoms with van der Waals surface area (Å²) in [7, 11) is 0. The topological polar surface area (TPSA) is 34.9 Å². The zero-order valence-electron chi connectivity index (χ0n) is 12.3. The van der Waals surface area contributed by atoms with Crippen molar-refractivity contribution in [2.45, 2.75) is 71.3 Å². The number of aryl methyl sites for hydroxylation is 1. The number of ketones is 1. The second-order valence-corrected chi connectivity index (χ2v) is 6.22. The van der Waals surface area contributed by atoms with Gasteiger partial charge in [0.25, 0.3) is 0 Å². The van der Waals surface area contributed by atoms with Gasteiger partial charge in [-0.25, -0.2) is 0 Å². The van der Waals surface area contributed by atoms with Gasteiger partial charge >= 0.3 is 0 Å². The van der Waals surface area contributed by atoms with E-state index in [1.54, 1.807) is 0 Å². The summed E-state index contributed by atoms with van der Waals surface area (Å²) in [6, 6.07) is 2.67. The van der Waals surface area contributed by atoms with Crippen LogP contribution in [-0.2, 0) is 11.2 Å². The second-order valence-electron chi connectivity index (χ2n) is 6.22. The summed E-state index contributed by atoms with van der Waals surface area (Å²) in [5.74, 6) is 0.828. The van der Waals surface area contributed by atoms with Crippen LogP contribution in [0.2, 0.25) is 0 Å². The summed E-state index contributed by atoms with van der Waals surface area (Å²) in [6.45, 7) is 4.19. The molecule has 0 atom stereocenters. The average molecular weight is 262 g/mol. The minimum absolute atomic E-state index is 0.363. The Balaban J connectivity index is 1.81. The Bertz CT molecular complexity index is 403. The Morgan fingerprint density at radius 3 is 2.79 bits per heavy atom. The number of carbonyl (C=O) groups excluding carboxylic acids is 1. The van der Waals surface area contributed by atoms with E-state index in [1.807, 2.05) is 0 Å². The summed E-state index contributed by atoms with van der Waals surface area (Å²) in [5, 5.41) is 4.65. The SMILES string of the molecule is CC(C)CC(=O)CCc1ccn(C2CCCCC2)n1. The summed E-state index contributed by atoms with van der Waals surface area (Å²) in [4.78, 5) is 11.7. The summed E-state index contributed by atoms with van der Waals surface area (Å²) >= 11 is 0. The molecular weight excluding hydrogens is 236 g/mol. The lowest BCUT2D eigenvalue weighted by molar-refractivity contribution is -0.119. The monoisotopic (exact) mass is 262 g/mol. The first-order chi connectivity index (χ1) is 9.15. The highest BCUT2D eigenvalue weighted by Gasteiger charge is 2.16. The van der Waals surface area contributed by atoms with Crippen LogP contribution in [0.5, 0.6) is 0 Å². The molecule has 1 aromatic rings. The molecule has 0 radical (unpaired) electrons. The van der Waals surface area contributed by atoms with Crippen LogP contribution in [0.4, 0.5) is 0 Å². The molecule has 0 aliphatic heterocycles. The van der Waals surface area contributed by atoms with Crippen molar-refractivity contribution in [2.75, 3.05) is 0 Å². The Kier molecular flexibility index (Phi) is 5.17. The first-order valence-corrected chi connectivity index (χ1v) is 7.71. The van der Waals surface area contributed by atoms with Crippen molar-refractivity contribution in [1.82, 2.24) is 9.78 Å². The maximum Gasteiger partial charge on any atom is 0.133 e. The van der Waals surface area contributed by atoms with E-state index in [-0.39, 0.29) is 0 Å². The Morgan fingerprint density at radius 2 is 2.11 bits per heavy atom. The molecule has 0 unspecified atom stereocenters. The van der Waals surface area contributed by atoms with Crippen molar-refractivity contribution in [3.05, 3.63) is 18.0 Å². The molecule has 1 saturated carbocycles. The molecule has 1 aliphatic carbocycles. The van der Waals surface area contributed by atoms with Crippen LogP contribution in [0.25, 0.3) is 0 Å². The number of aromatic nitrogens is 2. The second kappa shape index (κ2) is 6.88. The van der Waals surface area contributed by atoms with E-state index in [1.165, 1.54) is 32.1 Å². The van der Waals surface area contributed by atoms with Crippen LogP contribution in [0.15, 0.2) is 12.3 Å². The molecule has 2 rings (SSSR count). The molecule has 0 saturated heterocycles. The zero-order chi connectivity index (χ0) is 13.7. The molecule has 0 amide bonds. The number of nitrogens with zero attached hydrogens (tertiary/aromatic N) is 2. The van der Waals surface area contributed by atoms with Crippen molar-refractivity contribution in [2.24, 2.45) is 5.92 Å². The van der Waals surface area contributed by atoms with Crippen LogP contribution in [0.3, 0.4) is 0 Å². The molecule has 0 aromatic carbocycles. The minimum Gasteiger partial charge on any atom is -0.300 e. The van der Waals surface area contributed by atoms with E-state index in [9.17, 15) is 4.79 Å². The fraction of sp³-hybridized carbons (Fsp3) is 0.750. The standard InChI is InChI=1S/C16H26N2O/c1-13(2)12-16(19)9-8-14-10-11-18(17-14)15-6-4-3-5-7-15/h10-11,13,15H,3-9,12H2,1-2H3. The molecule has 3 nitrogen and oxygen atoms in total. The quantitative estimate of drug-likeness (QED) is 0.778. The smallest absolute Gasteiger partial charge is 0.133 e. The number of Topliss-reactive ketones (excluding diaryl/α,β-unsaturated/α-hetero) is 1. The summed E-state index contributed by atoms with van der Waals surface area (Å²) in [6.07, 6.45) is 10.8. The van der Waals surface area contributed by atoms with Gasteiger partial charge in [-0.3, -0.25) is 9.48 Å². The lowest BCUT2D eigenvalue weighted by Gasteiger charge is -2.21.